The number of carboxylic acid groups (broad SMARTS) is 1. The molecule has 6 heteroatoms. The molecule has 2 saturated carbocycles. The SMILES string of the molecule is O=C(Nc1ccc([C@@H]2C[C@H]2N(CC2CC2)C(=O)O)cc1)c1ccc(-c2ccccc2Cl)cc1. The first-order chi connectivity index (χ1) is 16.0. The number of rotatable bonds is 7. The maximum atomic E-state index is 12.7. The van der Waals surface area contributed by atoms with Gasteiger partial charge in [-0.05, 0) is 66.6 Å². The molecule has 2 aliphatic carbocycles. The summed E-state index contributed by atoms with van der Waals surface area (Å²) in [5, 5.41) is 13.1. The summed E-state index contributed by atoms with van der Waals surface area (Å²) in [5.74, 6) is 0.597. The van der Waals surface area contributed by atoms with Crippen LogP contribution in [0.15, 0.2) is 72.8 Å². The predicted molar refractivity (Wildman–Crippen MR) is 130 cm³/mol. The third kappa shape index (κ3) is 4.88. The van der Waals surface area contributed by atoms with E-state index >= 15 is 0 Å². The maximum absolute atomic E-state index is 12.7. The Morgan fingerprint density at radius 2 is 1.67 bits per heavy atom. The van der Waals surface area contributed by atoms with Gasteiger partial charge >= 0.3 is 6.09 Å². The van der Waals surface area contributed by atoms with E-state index in [1.165, 1.54) is 0 Å². The van der Waals surface area contributed by atoms with Crippen molar-refractivity contribution in [3.63, 3.8) is 0 Å². The number of hydrogen-bond acceptors (Lipinski definition) is 2. The molecule has 5 rings (SSSR count). The lowest BCUT2D eigenvalue weighted by molar-refractivity contribution is 0.102. The zero-order valence-corrected chi connectivity index (χ0v) is 18.8. The Morgan fingerprint density at radius 1 is 0.970 bits per heavy atom. The fraction of sp³-hybridized carbons (Fsp3) is 0.259. The third-order valence-electron chi connectivity index (χ3n) is 6.48. The van der Waals surface area contributed by atoms with Gasteiger partial charge in [0.25, 0.3) is 5.91 Å². The Labute approximate surface area is 198 Å². The highest BCUT2D eigenvalue weighted by atomic mass is 35.5. The highest BCUT2D eigenvalue weighted by molar-refractivity contribution is 6.33. The van der Waals surface area contributed by atoms with E-state index in [9.17, 15) is 14.7 Å². The van der Waals surface area contributed by atoms with Crippen molar-refractivity contribution in [1.29, 1.82) is 0 Å². The van der Waals surface area contributed by atoms with Crippen LogP contribution in [0, 0.1) is 5.92 Å². The largest absolute Gasteiger partial charge is 0.465 e. The van der Waals surface area contributed by atoms with Gasteiger partial charge in [0.15, 0.2) is 0 Å². The van der Waals surface area contributed by atoms with Crippen molar-refractivity contribution >= 4 is 29.3 Å². The first-order valence-electron chi connectivity index (χ1n) is 11.3. The number of carbonyl (C=O) groups excluding carboxylic acids is 1. The molecule has 2 amide bonds. The summed E-state index contributed by atoms with van der Waals surface area (Å²) in [5.41, 5.74) is 4.28. The van der Waals surface area contributed by atoms with Crippen molar-refractivity contribution in [1.82, 2.24) is 4.90 Å². The monoisotopic (exact) mass is 460 g/mol. The minimum atomic E-state index is -0.821. The van der Waals surface area contributed by atoms with Crippen LogP contribution in [0.4, 0.5) is 10.5 Å². The van der Waals surface area contributed by atoms with Gasteiger partial charge in [0.2, 0.25) is 0 Å². The lowest BCUT2D eigenvalue weighted by Crippen LogP contribution is -2.34. The average Bonchev–Trinajstić information content (AvgIpc) is 3.74. The molecular formula is C27H25ClN2O3. The van der Waals surface area contributed by atoms with Gasteiger partial charge in [0.1, 0.15) is 0 Å². The van der Waals surface area contributed by atoms with Gasteiger partial charge in [-0.1, -0.05) is 54.1 Å². The number of hydrogen-bond donors (Lipinski definition) is 2. The molecule has 5 nitrogen and oxygen atoms in total. The van der Waals surface area contributed by atoms with E-state index < -0.39 is 6.09 Å². The summed E-state index contributed by atoms with van der Waals surface area (Å²) >= 11 is 6.26. The number of nitrogens with one attached hydrogen (secondary N) is 1. The summed E-state index contributed by atoms with van der Waals surface area (Å²) < 4.78 is 0. The Balaban J connectivity index is 1.20. The van der Waals surface area contributed by atoms with Gasteiger partial charge < -0.3 is 15.3 Å². The molecule has 33 heavy (non-hydrogen) atoms. The lowest BCUT2D eigenvalue weighted by atomic mass is 10.0. The summed E-state index contributed by atoms with van der Waals surface area (Å²) in [6.07, 6.45) is 2.32. The number of anilines is 1. The Bertz CT molecular complexity index is 1170. The molecule has 3 aromatic carbocycles. The van der Waals surface area contributed by atoms with Crippen LogP contribution >= 0.6 is 11.6 Å². The fourth-order valence-corrected chi connectivity index (χ4v) is 4.58. The van der Waals surface area contributed by atoms with Crippen LogP contribution in [0.1, 0.15) is 41.1 Å². The van der Waals surface area contributed by atoms with Crippen LogP contribution in [0.3, 0.4) is 0 Å². The molecule has 0 aliphatic heterocycles. The molecule has 2 fully saturated rings. The Morgan fingerprint density at radius 3 is 2.30 bits per heavy atom. The molecule has 0 bridgehead atoms. The average molecular weight is 461 g/mol. The first-order valence-corrected chi connectivity index (χ1v) is 11.6. The number of carbonyl (C=O) groups is 2. The van der Waals surface area contributed by atoms with Crippen molar-refractivity contribution < 1.29 is 14.7 Å². The molecule has 3 aromatic rings. The van der Waals surface area contributed by atoms with Crippen molar-refractivity contribution in [2.45, 2.75) is 31.2 Å². The number of benzene rings is 3. The van der Waals surface area contributed by atoms with Gasteiger partial charge in [-0.25, -0.2) is 4.79 Å². The van der Waals surface area contributed by atoms with Gasteiger partial charge in [0, 0.05) is 40.3 Å². The molecule has 0 unspecified atom stereocenters. The molecule has 168 valence electrons. The van der Waals surface area contributed by atoms with Gasteiger partial charge in [-0.3, -0.25) is 4.79 Å². The van der Waals surface area contributed by atoms with Gasteiger partial charge in [0.05, 0.1) is 0 Å². The second-order valence-electron chi connectivity index (χ2n) is 8.92. The zero-order chi connectivity index (χ0) is 22.9. The van der Waals surface area contributed by atoms with E-state index in [0.717, 1.165) is 36.0 Å². The first kappa shape index (κ1) is 21.5. The number of nitrogens with zero attached hydrogens (tertiary/aromatic N) is 1. The van der Waals surface area contributed by atoms with E-state index in [0.29, 0.717) is 28.7 Å². The molecular weight excluding hydrogens is 436 g/mol. The summed E-state index contributed by atoms with van der Waals surface area (Å²) in [4.78, 5) is 25.9. The van der Waals surface area contributed by atoms with E-state index in [1.54, 1.807) is 17.0 Å². The molecule has 0 aromatic heterocycles. The van der Waals surface area contributed by atoms with Crippen LogP contribution in [0.5, 0.6) is 0 Å². The maximum Gasteiger partial charge on any atom is 0.407 e. The minimum Gasteiger partial charge on any atom is -0.465 e. The second kappa shape index (κ2) is 8.91. The summed E-state index contributed by atoms with van der Waals surface area (Å²) in [6, 6.07) is 22.8. The van der Waals surface area contributed by atoms with E-state index in [1.807, 2.05) is 60.7 Å². The van der Waals surface area contributed by atoms with Crippen molar-refractivity contribution in [2.75, 3.05) is 11.9 Å². The van der Waals surface area contributed by atoms with E-state index in [4.69, 9.17) is 11.6 Å². The topological polar surface area (TPSA) is 69.6 Å². The Hall–Kier alpha value is -3.31. The van der Waals surface area contributed by atoms with Crippen LogP contribution in [0.2, 0.25) is 5.02 Å². The normalized spacial score (nSPS) is 19.1. The van der Waals surface area contributed by atoms with E-state index in [-0.39, 0.29) is 17.9 Å². The predicted octanol–water partition coefficient (Wildman–Crippen LogP) is 6.51. The molecule has 2 atom stereocenters. The minimum absolute atomic E-state index is 0.0696. The van der Waals surface area contributed by atoms with Crippen molar-refractivity contribution in [3.05, 3.63) is 88.9 Å². The molecule has 0 heterocycles. The zero-order valence-electron chi connectivity index (χ0n) is 18.1. The van der Waals surface area contributed by atoms with Crippen LogP contribution in [0.25, 0.3) is 11.1 Å². The van der Waals surface area contributed by atoms with Crippen LogP contribution < -0.4 is 5.32 Å². The quantitative estimate of drug-likeness (QED) is 0.422. The molecule has 0 radical (unpaired) electrons. The fourth-order valence-electron chi connectivity index (χ4n) is 4.33. The number of amides is 2. The van der Waals surface area contributed by atoms with Crippen LogP contribution in [-0.4, -0.2) is 34.6 Å². The summed E-state index contributed by atoms with van der Waals surface area (Å²) in [7, 11) is 0. The van der Waals surface area contributed by atoms with Gasteiger partial charge in [-0.2, -0.15) is 0 Å². The standard InChI is InChI=1S/C27H25ClN2O3/c28-24-4-2-1-3-22(24)18-7-9-20(10-8-18)26(31)29-21-13-11-19(12-14-21)23-15-25(23)30(27(32)33)16-17-5-6-17/h1-4,7-14,17,23,25H,5-6,15-16H2,(H,29,31)(H,32,33)/t23-,25+/m0/s1. The van der Waals surface area contributed by atoms with E-state index in [2.05, 4.69) is 5.32 Å². The highest BCUT2D eigenvalue weighted by Gasteiger charge is 2.46. The van der Waals surface area contributed by atoms with Crippen molar-refractivity contribution in [2.24, 2.45) is 5.92 Å². The van der Waals surface area contributed by atoms with Crippen LogP contribution in [-0.2, 0) is 0 Å². The lowest BCUT2D eigenvalue weighted by Gasteiger charge is -2.19. The molecule has 0 spiro atoms. The molecule has 0 saturated heterocycles. The Kier molecular flexibility index (Phi) is 5.81. The molecule has 2 N–H and O–H groups in total. The van der Waals surface area contributed by atoms with Gasteiger partial charge in [-0.15, -0.1) is 0 Å². The number of halogens is 1. The molecule has 2 aliphatic rings. The second-order valence-corrected chi connectivity index (χ2v) is 9.33. The smallest absolute Gasteiger partial charge is 0.407 e. The third-order valence-corrected chi connectivity index (χ3v) is 6.81. The van der Waals surface area contributed by atoms with Crippen molar-refractivity contribution in [3.8, 4) is 11.1 Å². The highest BCUT2D eigenvalue weighted by Crippen LogP contribution is 2.46. The summed E-state index contributed by atoms with van der Waals surface area (Å²) in [6.45, 7) is 0.653.